The van der Waals surface area contributed by atoms with Gasteiger partial charge in [0.1, 0.15) is 14.7 Å². The molecule has 0 bridgehead atoms. The van der Waals surface area contributed by atoms with Gasteiger partial charge in [0.2, 0.25) is 0 Å². The summed E-state index contributed by atoms with van der Waals surface area (Å²) in [7, 11) is -5.00. The van der Waals surface area contributed by atoms with E-state index in [1.807, 2.05) is 0 Å². The van der Waals surface area contributed by atoms with E-state index in [9.17, 15) is 8.42 Å². The van der Waals surface area contributed by atoms with Gasteiger partial charge in [0.05, 0.1) is 6.26 Å². The van der Waals surface area contributed by atoms with Crippen molar-refractivity contribution in [3.8, 4) is 11.5 Å². The highest BCUT2D eigenvalue weighted by molar-refractivity contribution is 7.86. The average molecular weight is 248 g/mol. The van der Waals surface area contributed by atoms with Crippen LogP contribution in [0.2, 0.25) is 18.1 Å². The fraction of sp³-hybridized carbons (Fsp3) is 0.800. The summed E-state index contributed by atoms with van der Waals surface area (Å²) in [4.78, 5) is 0. The molecule has 0 fully saturated rings. The fourth-order valence-electron chi connectivity index (χ4n) is 0.581. The molecule has 0 aliphatic rings. The first kappa shape index (κ1) is 14.7. The van der Waals surface area contributed by atoms with Crippen LogP contribution >= 0.6 is 0 Å². The number of hydrogen-bond donors (Lipinski definition) is 0. The van der Waals surface area contributed by atoms with Crippen molar-refractivity contribution < 1.29 is 12.6 Å². The molecule has 0 saturated heterocycles. The standard InChI is InChI=1S/C10H20O3SSi/c1-10(2,3)15(5,6)9-7-8-13-14(4,11)12/h8H2,1-6H3. The van der Waals surface area contributed by atoms with Gasteiger partial charge in [-0.1, -0.05) is 39.8 Å². The molecule has 0 unspecified atom stereocenters. The maximum atomic E-state index is 10.7. The highest BCUT2D eigenvalue weighted by Gasteiger charge is 2.33. The van der Waals surface area contributed by atoms with Crippen molar-refractivity contribution in [2.45, 2.75) is 38.9 Å². The molecule has 5 heteroatoms. The highest BCUT2D eigenvalue weighted by atomic mass is 32.2. The van der Waals surface area contributed by atoms with Gasteiger partial charge >= 0.3 is 0 Å². The Labute approximate surface area is 94.4 Å². The van der Waals surface area contributed by atoms with E-state index in [1.165, 1.54) is 0 Å². The van der Waals surface area contributed by atoms with Gasteiger partial charge in [-0.05, 0) is 5.04 Å². The molecular formula is C10H20O3SSi. The summed E-state index contributed by atoms with van der Waals surface area (Å²) in [5.41, 5.74) is 3.17. The molecule has 0 spiro atoms. The molecule has 0 N–H and O–H groups in total. The van der Waals surface area contributed by atoms with Crippen molar-refractivity contribution in [1.82, 2.24) is 0 Å². The van der Waals surface area contributed by atoms with E-state index < -0.39 is 18.2 Å². The molecule has 0 amide bonds. The first-order valence-corrected chi connectivity index (χ1v) is 9.62. The summed E-state index contributed by atoms with van der Waals surface area (Å²) >= 11 is 0. The molecule has 0 aromatic rings. The monoisotopic (exact) mass is 248 g/mol. The van der Waals surface area contributed by atoms with Crippen LogP contribution in [0.25, 0.3) is 0 Å². The van der Waals surface area contributed by atoms with Crippen LogP contribution in [-0.4, -0.2) is 29.4 Å². The van der Waals surface area contributed by atoms with E-state index >= 15 is 0 Å². The molecule has 0 aromatic heterocycles. The number of hydrogen-bond acceptors (Lipinski definition) is 3. The Hall–Kier alpha value is -0.313. The van der Waals surface area contributed by atoms with Crippen molar-refractivity contribution >= 4 is 18.2 Å². The molecule has 3 nitrogen and oxygen atoms in total. The predicted molar refractivity (Wildman–Crippen MR) is 65.8 cm³/mol. The van der Waals surface area contributed by atoms with E-state index in [0.29, 0.717) is 0 Å². The normalized spacial score (nSPS) is 13.2. The molecule has 0 aliphatic heterocycles. The van der Waals surface area contributed by atoms with Crippen molar-refractivity contribution in [1.29, 1.82) is 0 Å². The van der Waals surface area contributed by atoms with Gasteiger partial charge in [0, 0.05) is 0 Å². The second kappa shape index (κ2) is 4.68. The molecule has 0 rings (SSSR count). The lowest BCUT2D eigenvalue weighted by Gasteiger charge is -2.31. The highest BCUT2D eigenvalue weighted by Crippen LogP contribution is 2.34. The van der Waals surface area contributed by atoms with Crippen LogP contribution in [0.5, 0.6) is 0 Å². The smallest absolute Gasteiger partial charge is 0.257 e. The van der Waals surface area contributed by atoms with Crippen LogP contribution in [0, 0.1) is 11.5 Å². The molecule has 0 heterocycles. The molecule has 88 valence electrons. The Morgan fingerprint density at radius 2 is 1.73 bits per heavy atom. The van der Waals surface area contributed by atoms with E-state index in [0.717, 1.165) is 6.26 Å². The van der Waals surface area contributed by atoms with Crippen molar-refractivity contribution in [3.05, 3.63) is 0 Å². The maximum absolute atomic E-state index is 10.7. The van der Waals surface area contributed by atoms with Crippen molar-refractivity contribution in [2.75, 3.05) is 12.9 Å². The van der Waals surface area contributed by atoms with Crippen LogP contribution in [0.1, 0.15) is 20.8 Å². The van der Waals surface area contributed by atoms with E-state index in [2.05, 4.69) is 49.5 Å². The topological polar surface area (TPSA) is 43.4 Å². The Morgan fingerprint density at radius 3 is 2.07 bits per heavy atom. The molecular weight excluding hydrogens is 228 g/mol. The lowest BCUT2D eigenvalue weighted by Crippen LogP contribution is -2.35. The third-order valence-electron chi connectivity index (χ3n) is 2.62. The third kappa shape index (κ3) is 5.98. The molecule has 15 heavy (non-hydrogen) atoms. The van der Waals surface area contributed by atoms with Crippen LogP contribution in [-0.2, 0) is 14.3 Å². The summed E-state index contributed by atoms with van der Waals surface area (Å²) in [6.07, 6.45) is 1.03. The SMILES string of the molecule is CC(C)(C)[Si](C)(C)C#CCOS(C)(=O)=O. The van der Waals surface area contributed by atoms with Crippen molar-refractivity contribution in [3.63, 3.8) is 0 Å². The molecule has 0 radical (unpaired) electrons. The summed E-state index contributed by atoms with van der Waals surface area (Å²) in [6.45, 7) is 10.8. The summed E-state index contributed by atoms with van der Waals surface area (Å²) < 4.78 is 25.9. The Kier molecular flexibility index (Phi) is 4.59. The minimum Gasteiger partial charge on any atom is -0.257 e. The Balaban J connectivity index is 4.43. The zero-order valence-electron chi connectivity index (χ0n) is 10.3. The minimum atomic E-state index is -3.36. The van der Waals surface area contributed by atoms with Crippen molar-refractivity contribution in [2.24, 2.45) is 0 Å². The van der Waals surface area contributed by atoms with E-state index in [1.54, 1.807) is 0 Å². The quantitative estimate of drug-likeness (QED) is 0.426. The Bertz CT molecular complexity index is 366. The lowest BCUT2D eigenvalue weighted by atomic mass is 10.2. The summed E-state index contributed by atoms with van der Waals surface area (Å²) in [5.74, 6) is 2.80. The molecule has 0 aromatic carbocycles. The van der Waals surface area contributed by atoms with Gasteiger partial charge < -0.3 is 0 Å². The van der Waals surface area contributed by atoms with Gasteiger partial charge in [-0.25, -0.2) is 0 Å². The minimum absolute atomic E-state index is 0.0364. The van der Waals surface area contributed by atoms with Crippen LogP contribution in [0.4, 0.5) is 0 Å². The molecule has 0 aliphatic carbocycles. The van der Waals surface area contributed by atoms with Gasteiger partial charge in [-0.15, -0.1) is 5.54 Å². The van der Waals surface area contributed by atoms with E-state index in [4.69, 9.17) is 0 Å². The lowest BCUT2D eigenvalue weighted by molar-refractivity contribution is 0.368. The number of rotatable bonds is 2. The van der Waals surface area contributed by atoms with Gasteiger partial charge in [-0.3, -0.25) is 4.18 Å². The average Bonchev–Trinajstić information content (AvgIpc) is 1.94. The van der Waals surface area contributed by atoms with Crippen LogP contribution in [0.3, 0.4) is 0 Å². The van der Waals surface area contributed by atoms with Gasteiger partial charge in [0.15, 0.2) is 0 Å². The maximum Gasteiger partial charge on any atom is 0.265 e. The zero-order valence-corrected chi connectivity index (χ0v) is 12.2. The Morgan fingerprint density at radius 1 is 1.27 bits per heavy atom. The fourth-order valence-corrected chi connectivity index (χ4v) is 1.74. The molecule has 0 atom stereocenters. The zero-order chi connectivity index (χ0) is 12.3. The van der Waals surface area contributed by atoms with Crippen LogP contribution < -0.4 is 0 Å². The second-order valence-corrected chi connectivity index (χ2v) is 11.8. The molecule has 0 saturated carbocycles. The first-order valence-electron chi connectivity index (χ1n) is 4.80. The summed E-state index contributed by atoms with van der Waals surface area (Å²) in [6, 6.07) is 0. The predicted octanol–water partition coefficient (Wildman–Crippen LogP) is 2.01. The second-order valence-electron chi connectivity index (χ2n) is 5.14. The summed E-state index contributed by atoms with van der Waals surface area (Å²) in [5, 5.41) is 0.186. The van der Waals surface area contributed by atoms with E-state index in [-0.39, 0.29) is 11.6 Å². The third-order valence-corrected chi connectivity index (χ3v) is 7.72. The van der Waals surface area contributed by atoms with Crippen LogP contribution in [0.15, 0.2) is 0 Å². The van der Waals surface area contributed by atoms with Gasteiger partial charge in [-0.2, -0.15) is 8.42 Å². The van der Waals surface area contributed by atoms with Gasteiger partial charge in [0.25, 0.3) is 10.1 Å². The first-order chi connectivity index (χ1) is 6.46. The largest absolute Gasteiger partial charge is 0.265 e.